The van der Waals surface area contributed by atoms with Crippen LogP contribution in [0.3, 0.4) is 0 Å². The average Bonchev–Trinajstić information content (AvgIpc) is 2.85. The summed E-state index contributed by atoms with van der Waals surface area (Å²) in [6, 6.07) is 12.1. The highest BCUT2D eigenvalue weighted by molar-refractivity contribution is 6.17. The molecule has 3 nitrogen and oxygen atoms in total. The van der Waals surface area contributed by atoms with Crippen LogP contribution in [0.2, 0.25) is 0 Å². The smallest absolute Gasteiger partial charge is 0.123 e. The molecule has 108 valence electrons. The molecule has 0 aliphatic heterocycles. The van der Waals surface area contributed by atoms with Crippen LogP contribution in [-0.4, -0.2) is 22.5 Å². The van der Waals surface area contributed by atoms with Crippen LogP contribution in [0.4, 0.5) is 4.39 Å². The molecule has 1 aromatic heterocycles. The van der Waals surface area contributed by atoms with Crippen molar-refractivity contribution in [2.75, 3.05) is 13.0 Å². The molecule has 0 unspecified atom stereocenters. The van der Waals surface area contributed by atoms with Crippen molar-refractivity contribution in [2.45, 2.75) is 6.42 Å². The highest BCUT2D eigenvalue weighted by atomic mass is 35.5. The third kappa shape index (κ3) is 2.59. The molecule has 5 heteroatoms. The predicted molar refractivity (Wildman–Crippen MR) is 82.0 cm³/mol. The Bertz CT molecular complexity index is 768. The van der Waals surface area contributed by atoms with Crippen LogP contribution >= 0.6 is 11.6 Å². The lowest BCUT2D eigenvalue weighted by molar-refractivity contribution is 0.415. The summed E-state index contributed by atoms with van der Waals surface area (Å²) >= 11 is 5.87. The van der Waals surface area contributed by atoms with Crippen molar-refractivity contribution in [2.24, 2.45) is 0 Å². The van der Waals surface area contributed by atoms with Crippen LogP contribution in [0.5, 0.6) is 5.75 Å². The van der Waals surface area contributed by atoms with Gasteiger partial charge in [-0.1, -0.05) is 0 Å². The standard InChI is InChI=1S/C16H14ClFN2O/c1-21-13-6-7-15-14(10-13)19-16(8-9-17)20(15)12-4-2-11(18)3-5-12/h2-7,10H,8-9H2,1H3. The molecule has 1 heterocycles. The second-order valence-electron chi connectivity index (χ2n) is 4.63. The monoisotopic (exact) mass is 304 g/mol. The van der Waals surface area contributed by atoms with Crippen LogP contribution in [-0.2, 0) is 6.42 Å². The molecule has 0 aliphatic carbocycles. The fourth-order valence-electron chi connectivity index (χ4n) is 2.37. The van der Waals surface area contributed by atoms with Crippen LogP contribution in [0.25, 0.3) is 16.7 Å². The topological polar surface area (TPSA) is 27.1 Å². The molecule has 0 saturated heterocycles. The minimum Gasteiger partial charge on any atom is -0.497 e. The average molecular weight is 305 g/mol. The number of halogens is 2. The molecule has 0 fully saturated rings. The van der Waals surface area contributed by atoms with Crippen molar-refractivity contribution in [1.82, 2.24) is 9.55 Å². The number of aromatic nitrogens is 2. The molecule has 0 atom stereocenters. The number of aryl methyl sites for hydroxylation is 1. The SMILES string of the molecule is COc1ccc2c(c1)nc(CCCl)n2-c1ccc(F)cc1. The van der Waals surface area contributed by atoms with Crippen LogP contribution in [0.15, 0.2) is 42.5 Å². The van der Waals surface area contributed by atoms with E-state index < -0.39 is 0 Å². The Morgan fingerprint density at radius 3 is 2.62 bits per heavy atom. The van der Waals surface area contributed by atoms with Crippen molar-refractivity contribution in [3.63, 3.8) is 0 Å². The second-order valence-corrected chi connectivity index (χ2v) is 5.01. The van der Waals surface area contributed by atoms with Gasteiger partial charge in [-0.3, -0.25) is 4.57 Å². The first kappa shape index (κ1) is 13.9. The van der Waals surface area contributed by atoms with E-state index in [2.05, 4.69) is 4.98 Å². The molecule has 2 aromatic carbocycles. The van der Waals surface area contributed by atoms with Crippen LogP contribution in [0.1, 0.15) is 5.82 Å². The number of methoxy groups -OCH3 is 1. The normalized spacial score (nSPS) is 11.0. The molecule has 0 radical (unpaired) electrons. The quantitative estimate of drug-likeness (QED) is 0.682. The third-order valence-electron chi connectivity index (χ3n) is 3.33. The second kappa shape index (κ2) is 5.74. The number of hydrogen-bond acceptors (Lipinski definition) is 2. The largest absolute Gasteiger partial charge is 0.497 e. The molecular weight excluding hydrogens is 291 g/mol. The first-order valence-corrected chi connectivity index (χ1v) is 7.13. The number of rotatable bonds is 4. The van der Waals surface area contributed by atoms with Gasteiger partial charge in [0.05, 0.1) is 18.1 Å². The summed E-state index contributed by atoms with van der Waals surface area (Å²) in [7, 11) is 1.62. The van der Waals surface area contributed by atoms with Crippen molar-refractivity contribution in [3.05, 3.63) is 54.1 Å². The van der Waals surface area contributed by atoms with Gasteiger partial charge in [-0.25, -0.2) is 9.37 Å². The lowest BCUT2D eigenvalue weighted by Crippen LogP contribution is -2.02. The fraction of sp³-hybridized carbons (Fsp3) is 0.188. The maximum Gasteiger partial charge on any atom is 0.123 e. The maximum absolute atomic E-state index is 13.1. The highest BCUT2D eigenvalue weighted by Crippen LogP contribution is 2.25. The van der Waals surface area contributed by atoms with Crippen molar-refractivity contribution in [3.8, 4) is 11.4 Å². The zero-order chi connectivity index (χ0) is 14.8. The number of ether oxygens (including phenoxy) is 1. The van der Waals surface area contributed by atoms with E-state index in [-0.39, 0.29) is 5.82 Å². The van der Waals surface area contributed by atoms with Crippen LogP contribution < -0.4 is 4.74 Å². The minimum absolute atomic E-state index is 0.260. The highest BCUT2D eigenvalue weighted by Gasteiger charge is 2.12. The van der Waals surface area contributed by atoms with Crippen LogP contribution in [0, 0.1) is 5.82 Å². The van der Waals surface area contributed by atoms with Crippen molar-refractivity contribution in [1.29, 1.82) is 0 Å². The van der Waals surface area contributed by atoms with Gasteiger partial charge in [0.1, 0.15) is 17.4 Å². The summed E-state index contributed by atoms with van der Waals surface area (Å²) in [6.07, 6.45) is 0.635. The number of benzene rings is 2. The number of nitrogens with zero attached hydrogens (tertiary/aromatic N) is 2. The summed E-state index contributed by atoms with van der Waals surface area (Å²) in [5.74, 6) is 1.81. The zero-order valence-corrected chi connectivity index (χ0v) is 12.3. The number of fused-ring (bicyclic) bond motifs is 1. The molecule has 0 amide bonds. The Morgan fingerprint density at radius 1 is 1.19 bits per heavy atom. The van der Waals surface area contributed by atoms with E-state index in [0.717, 1.165) is 28.3 Å². The maximum atomic E-state index is 13.1. The van der Waals surface area contributed by atoms with E-state index in [1.165, 1.54) is 12.1 Å². The van der Waals surface area contributed by atoms with Gasteiger partial charge in [-0.05, 0) is 36.4 Å². The van der Waals surface area contributed by atoms with Crippen molar-refractivity contribution >= 4 is 22.6 Å². The molecular formula is C16H14ClFN2O. The molecule has 0 spiro atoms. The number of hydrogen-bond donors (Lipinski definition) is 0. The van der Waals surface area contributed by atoms with E-state index >= 15 is 0 Å². The Balaban J connectivity index is 2.22. The van der Waals surface area contributed by atoms with E-state index in [1.54, 1.807) is 19.2 Å². The summed E-state index contributed by atoms with van der Waals surface area (Å²) in [5, 5.41) is 0. The molecule has 0 N–H and O–H groups in total. The van der Waals surface area contributed by atoms with Gasteiger partial charge in [-0.15, -0.1) is 11.6 Å². The van der Waals surface area contributed by atoms with Gasteiger partial charge >= 0.3 is 0 Å². The Morgan fingerprint density at radius 2 is 1.95 bits per heavy atom. The lowest BCUT2D eigenvalue weighted by atomic mass is 10.2. The fourth-order valence-corrected chi connectivity index (χ4v) is 2.54. The first-order valence-electron chi connectivity index (χ1n) is 6.60. The third-order valence-corrected chi connectivity index (χ3v) is 3.52. The number of imidazole rings is 1. The zero-order valence-electron chi connectivity index (χ0n) is 11.5. The minimum atomic E-state index is -0.260. The van der Waals surface area contributed by atoms with E-state index in [4.69, 9.17) is 16.3 Å². The predicted octanol–water partition coefficient (Wildman–Crippen LogP) is 3.95. The first-order chi connectivity index (χ1) is 10.2. The van der Waals surface area contributed by atoms with E-state index in [1.807, 2.05) is 22.8 Å². The van der Waals surface area contributed by atoms with E-state index in [0.29, 0.717) is 12.3 Å². The Kier molecular flexibility index (Phi) is 3.80. The molecule has 0 bridgehead atoms. The van der Waals surface area contributed by atoms with Gasteiger partial charge in [0.2, 0.25) is 0 Å². The Hall–Kier alpha value is -2.07. The van der Waals surface area contributed by atoms with Gasteiger partial charge in [0.25, 0.3) is 0 Å². The molecule has 3 rings (SSSR count). The Labute approximate surface area is 126 Å². The molecule has 21 heavy (non-hydrogen) atoms. The van der Waals surface area contributed by atoms with Gasteiger partial charge in [0.15, 0.2) is 0 Å². The van der Waals surface area contributed by atoms with Gasteiger partial charge in [-0.2, -0.15) is 0 Å². The molecule has 3 aromatic rings. The summed E-state index contributed by atoms with van der Waals surface area (Å²) in [5.41, 5.74) is 2.64. The van der Waals surface area contributed by atoms with Gasteiger partial charge < -0.3 is 4.74 Å². The molecule has 0 saturated carbocycles. The summed E-state index contributed by atoms with van der Waals surface area (Å²) in [6.45, 7) is 0. The number of alkyl halides is 1. The summed E-state index contributed by atoms with van der Waals surface area (Å²) in [4.78, 5) is 4.61. The lowest BCUT2D eigenvalue weighted by Gasteiger charge is -2.08. The van der Waals surface area contributed by atoms with Gasteiger partial charge in [0, 0.05) is 24.1 Å². The van der Waals surface area contributed by atoms with E-state index in [9.17, 15) is 4.39 Å². The van der Waals surface area contributed by atoms with Crippen molar-refractivity contribution < 1.29 is 9.13 Å². The summed E-state index contributed by atoms with van der Waals surface area (Å²) < 4.78 is 20.4. The molecule has 0 aliphatic rings.